The average molecular weight is 656 g/mol. The van der Waals surface area contributed by atoms with E-state index < -0.39 is 71.1 Å². The van der Waals surface area contributed by atoms with Gasteiger partial charge in [-0.25, -0.2) is 13.2 Å². The zero-order chi connectivity index (χ0) is 31.0. The molecule has 0 saturated heterocycles. The van der Waals surface area contributed by atoms with E-state index in [1.807, 2.05) is 0 Å². The second kappa shape index (κ2) is 12.2. The van der Waals surface area contributed by atoms with Crippen molar-refractivity contribution in [3.05, 3.63) is 73.7 Å². The highest BCUT2D eigenvalue weighted by Gasteiger charge is 2.46. The summed E-state index contributed by atoms with van der Waals surface area (Å²) in [7, 11) is 0. The molecule has 1 saturated carbocycles. The number of carbonyl (C=O) groups is 1. The van der Waals surface area contributed by atoms with Crippen LogP contribution in [0.3, 0.4) is 0 Å². The molecule has 0 aliphatic heterocycles. The Labute approximate surface area is 244 Å². The lowest BCUT2D eigenvalue weighted by Gasteiger charge is -2.25. The highest BCUT2D eigenvalue weighted by molar-refractivity contribution is 6.48. The number of hydrogen-bond donors (Lipinski definition) is 2. The van der Waals surface area contributed by atoms with Crippen molar-refractivity contribution in [3.63, 3.8) is 0 Å². The molecule has 1 aliphatic rings. The van der Waals surface area contributed by atoms with Crippen molar-refractivity contribution in [2.45, 2.75) is 55.9 Å². The van der Waals surface area contributed by atoms with Crippen molar-refractivity contribution in [3.8, 4) is 0 Å². The van der Waals surface area contributed by atoms with Gasteiger partial charge in [0, 0.05) is 18.5 Å². The molecular formula is C26H22Cl3F9N2O. The van der Waals surface area contributed by atoms with Crippen molar-refractivity contribution in [2.24, 2.45) is 0 Å². The first-order valence-electron chi connectivity index (χ1n) is 12.0. The summed E-state index contributed by atoms with van der Waals surface area (Å²) in [5.41, 5.74) is -4.64. The molecule has 2 aromatic rings. The van der Waals surface area contributed by atoms with E-state index in [1.54, 1.807) is 0 Å². The molecule has 1 aliphatic carbocycles. The maximum absolute atomic E-state index is 15.3. The highest BCUT2D eigenvalue weighted by atomic mass is 35.5. The van der Waals surface area contributed by atoms with Gasteiger partial charge in [-0.2, -0.15) is 26.3 Å². The van der Waals surface area contributed by atoms with Crippen molar-refractivity contribution < 1.29 is 44.3 Å². The Kier molecular flexibility index (Phi) is 9.94. The summed E-state index contributed by atoms with van der Waals surface area (Å²) >= 11 is 17.7. The summed E-state index contributed by atoms with van der Waals surface area (Å²) in [6, 6.07) is 3.86. The first-order valence-corrected chi connectivity index (χ1v) is 13.1. The third-order valence-electron chi connectivity index (χ3n) is 6.47. The van der Waals surface area contributed by atoms with E-state index in [2.05, 4.69) is 10.6 Å². The molecule has 1 amide bonds. The highest BCUT2D eigenvalue weighted by Crippen LogP contribution is 2.44. The smallest absolute Gasteiger partial charge is 0.345 e. The van der Waals surface area contributed by atoms with E-state index in [4.69, 9.17) is 34.8 Å². The number of nitrogens with one attached hydrogen (secondary N) is 2. The minimum Gasteiger partial charge on any atom is -0.345 e. The van der Waals surface area contributed by atoms with Crippen LogP contribution in [-0.4, -0.2) is 36.6 Å². The molecule has 0 spiro atoms. The van der Waals surface area contributed by atoms with Crippen molar-refractivity contribution >= 4 is 46.5 Å². The summed E-state index contributed by atoms with van der Waals surface area (Å²) in [5.74, 6) is -8.27. The quantitative estimate of drug-likeness (QED) is 0.198. The number of halogens is 12. The van der Waals surface area contributed by atoms with Crippen LogP contribution in [0.25, 0.3) is 5.83 Å². The van der Waals surface area contributed by atoms with Gasteiger partial charge in [-0.1, -0.05) is 47.8 Å². The Hall–Kier alpha value is -2.15. The summed E-state index contributed by atoms with van der Waals surface area (Å²) in [4.78, 5) is 12.7. The predicted octanol–water partition coefficient (Wildman–Crippen LogP) is 9.22. The van der Waals surface area contributed by atoms with Gasteiger partial charge in [-0.3, -0.25) is 4.79 Å². The fourth-order valence-corrected chi connectivity index (χ4v) is 4.67. The van der Waals surface area contributed by atoms with Gasteiger partial charge in [0.1, 0.15) is 5.83 Å². The maximum Gasteiger partial charge on any atom is 0.417 e. The molecule has 3 rings (SSSR count). The van der Waals surface area contributed by atoms with Crippen LogP contribution in [-0.2, 0) is 6.18 Å². The van der Waals surface area contributed by atoms with E-state index >= 15 is 4.39 Å². The molecule has 226 valence electrons. The second-order valence-electron chi connectivity index (χ2n) is 9.62. The topological polar surface area (TPSA) is 41.1 Å². The molecule has 0 radical (unpaired) electrons. The van der Waals surface area contributed by atoms with Gasteiger partial charge in [-0.05, 0) is 48.7 Å². The fourth-order valence-electron chi connectivity index (χ4n) is 4.05. The molecule has 2 aromatic carbocycles. The zero-order valence-corrected chi connectivity index (χ0v) is 23.3. The second-order valence-corrected chi connectivity index (χ2v) is 10.8. The van der Waals surface area contributed by atoms with Crippen LogP contribution in [0.4, 0.5) is 39.5 Å². The first-order chi connectivity index (χ1) is 18.8. The lowest BCUT2D eigenvalue weighted by atomic mass is 9.89. The minimum atomic E-state index is -5.17. The standard InChI is InChI=1S/C26H22Cl3F9N2O/c1-2-24(31,32)16(14-8-18(27)21(29)19(28)9-14)10-20(30)13-3-4-15(17(7-13)26(36,37)38)22(41)40-23(5-6-23)11-39-12-25(33,34)35/h3-4,7-10,16,39H,2,5-6,11-12H2,1H3,(H,40,41)/b20-10-. The van der Waals surface area contributed by atoms with Crippen molar-refractivity contribution in [1.29, 1.82) is 0 Å². The molecule has 2 N–H and O–H groups in total. The largest absolute Gasteiger partial charge is 0.417 e. The normalized spacial score (nSPS) is 16.5. The Balaban J connectivity index is 1.95. The van der Waals surface area contributed by atoms with E-state index in [-0.39, 0.29) is 40.0 Å². The number of carbonyl (C=O) groups excluding carboxylic acids is 1. The lowest BCUT2D eigenvalue weighted by molar-refractivity contribution is -0.138. The number of rotatable bonds is 10. The van der Waals surface area contributed by atoms with Gasteiger partial charge in [0.2, 0.25) is 0 Å². The summed E-state index contributed by atoms with van der Waals surface area (Å²) < 4.78 is 124. The number of hydrogen-bond acceptors (Lipinski definition) is 2. The number of benzene rings is 2. The number of alkyl halides is 8. The van der Waals surface area contributed by atoms with Crippen LogP contribution in [0.1, 0.15) is 59.2 Å². The minimum absolute atomic E-state index is 0.132. The lowest BCUT2D eigenvalue weighted by Crippen LogP contribution is -2.46. The fraction of sp³-hybridized carbons (Fsp3) is 0.423. The van der Waals surface area contributed by atoms with Crippen LogP contribution < -0.4 is 10.6 Å². The van der Waals surface area contributed by atoms with Crippen LogP contribution in [0.15, 0.2) is 36.4 Å². The number of amides is 1. The summed E-state index contributed by atoms with van der Waals surface area (Å²) in [6.07, 6.45) is -9.58. The molecule has 1 atom stereocenters. The molecule has 1 fully saturated rings. The van der Waals surface area contributed by atoms with Crippen LogP contribution in [0, 0.1) is 0 Å². The third kappa shape index (κ3) is 8.46. The summed E-state index contributed by atoms with van der Waals surface area (Å²) in [6.45, 7) is -0.565. The van der Waals surface area contributed by atoms with Gasteiger partial charge < -0.3 is 10.6 Å². The maximum atomic E-state index is 15.3. The Bertz CT molecular complexity index is 1300. The van der Waals surface area contributed by atoms with Crippen LogP contribution in [0.2, 0.25) is 15.1 Å². The Morgan fingerprint density at radius 1 is 1.00 bits per heavy atom. The van der Waals surface area contributed by atoms with E-state index in [0.717, 1.165) is 25.1 Å². The molecule has 15 heteroatoms. The van der Waals surface area contributed by atoms with Gasteiger partial charge >= 0.3 is 12.4 Å². The molecule has 0 aromatic heterocycles. The van der Waals surface area contributed by atoms with Crippen LogP contribution >= 0.6 is 34.8 Å². The SMILES string of the molecule is CCC(F)(F)C(/C=C(\F)c1ccc(C(=O)NC2(CNCC(F)(F)F)CC2)c(C(F)(F)F)c1)c1cc(Cl)c(Cl)c(Cl)c1. The third-order valence-corrected chi connectivity index (χ3v) is 7.67. The van der Waals surface area contributed by atoms with Gasteiger partial charge in [0.05, 0.1) is 44.2 Å². The molecule has 41 heavy (non-hydrogen) atoms. The molecular weight excluding hydrogens is 634 g/mol. The van der Waals surface area contributed by atoms with Crippen molar-refractivity contribution in [1.82, 2.24) is 10.6 Å². The predicted molar refractivity (Wildman–Crippen MR) is 138 cm³/mol. The zero-order valence-electron chi connectivity index (χ0n) is 21.0. The molecule has 1 unspecified atom stereocenters. The average Bonchev–Trinajstić information content (AvgIpc) is 3.62. The van der Waals surface area contributed by atoms with Gasteiger partial charge in [-0.15, -0.1) is 0 Å². The van der Waals surface area contributed by atoms with E-state index in [1.165, 1.54) is 0 Å². The molecule has 3 nitrogen and oxygen atoms in total. The molecule has 0 bridgehead atoms. The Morgan fingerprint density at radius 2 is 1.59 bits per heavy atom. The van der Waals surface area contributed by atoms with Gasteiger partial charge in [0.15, 0.2) is 0 Å². The number of allylic oxidation sites excluding steroid dienone is 1. The van der Waals surface area contributed by atoms with Gasteiger partial charge in [0.25, 0.3) is 11.8 Å². The van der Waals surface area contributed by atoms with Crippen LogP contribution in [0.5, 0.6) is 0 Å². The van der Waals surface area contributed by atoms with E-state index in [9.17, 15) is 39.9 Å². The monoisotopic (exact) mass is 654 g/mol. The molecule has 0 heterocycles. The first kappa shape index (κ1) is 33.4. The summed E-state index contributed by atoms with van der Waals surface area (Å²) in [5, 5.41) is 3.90. The van der Waals surface area contributed by atoms with Crippen molar-refractivity contribution in [2.75, 3.05) is 13.1 Å². The Morgan fingerprint density at radius 3 is 2.07 bits per heavy atom. The van der Waals surface area contributed by atoms with E-state index in [0.29, 0.717) is 18.2 Å².